The second-order valence-corrected chi connectivity index (χ2v) is 9.01. The fraction of sp³-hybridized carbons (Fsp3) is 0.556. The number of hydrogen-bond acceptors (Lipinski definition) is 7. The van der Waals surface area contributed by atoms with Gasteiger partial charge in [-0.25, -0.2) is 0 Å². The lowest BCUT2D eigenvalue weighted by Gasteiger charge is -2.37. The van der Waals surface area contributed by atoms with Crippen LogP contribution in [0.2, 0.25) is 0 Å². The Morgan fingerprint density at radius 1 is 0.632 bits per heavy atom. The van der Waals surface area contributed by atoms with Crippen LogP contribution >= 0.6 is 24.4 Å². The van der Waals surface area contributed by atoms with Gasteiger partial charge in [-0.1, -0.05) is 45.1 Å². The second kappa shape index (κ2) is 16.3. The summed E-state index contributed by atoms with van der Waals surface area (Å²) in [7, 11) is 0. The van der Waals surface area contributed by atoms with Gasteiger partial charge in [-0.15, -0.1) is 0 Å². The average Bonchev–Trinajstić information content (AvgIpc) is 2.89. The van der Waals surface area contributed by atoms with E-state index in [0.29, 0.717) is 26.2 Å². The van der Waals surface area contributed by atoms with Crippen LogP contribution in [0.1, 0.15) is 48.5 Å². The Labute approximate surface area is 237 Å². The first-order valence-corrected chi connectivity index (χ1v) is 14.0. The van der Waals surface area contributed by atoms with E-state index in [1.165, 1.54) is 57.5 Å². The molecule has 2 aliphatic heterocycles. The van der Waals surface area contributed by atoms with E-state index in [0.717, 1.165) is 0 Å². The highest BCUT2D eigenvalue weighted by Gasteiger charge is 2.41. The Morgan fingerprint density at radius 2 is 1.03 bits per heavy atom. The molecule has 0 atom stereocenters. The van der Waals surface area contributed by atoms with Gasteiger partial charge in [0.25, 0.3) is 11.8 Å². The van der Waals surface area contributed by atoms with Crippen molar-refractivity contribution < 1.29 is 19.2 Å². The molecule has 0 radical (unpaired) electrons. The van der Waals surface area contributed by atoms with E-state index in [9.17, 15) is 19.2 Å². The fourth-order valence-corrected chi connectivity index (χ4v) is 4.85. The molecular weight excluding hydrogens is 522 g/mol. The minimum atomic E-state index is -0.967. The maximum Gasteiger partial charge on any atom is 0.265 e. The summed E-state index contributed by atoms with van der Waals surface area (Å²) in [5.74, 6) is -2.59. The monoisotopic (exact) mass is 563 g/mol. The number of carbonyl (C=O) groups excluding carboxylic acids is 4. The van der Waals surface area contributed by atoms with Crippen LogP contribution in [0.25, 0.3) is 0 Å². The molecule has 0 saturated carbocycles. The third kappa shape index (κ3) is 7.64. The van der Waals surface area contributed by atoms with E-state index in [2.05, 4.69) is 25.7 Å². The fourth-order valence-electron chi connectivity index (χ4n) is 3.99. The number of allylic oxidation sites excluding steroid dienone is 4. The maximum absolute atomic E-state index is 12.6. The van der Waals surface area contributed by atoms with Crippen molar-refractivity contribution in [3.05, 3.63) is 36.0 Å². The summed E-state index contributed by atoms with van der Waals surface area (Å²) < 4.78 is 0. The molecule has 0 aromatic carbocycles. The second-order valence-electron chi connectivity index (χ2n) is 8.28. The SMILES string of the molecule is CCN(CC)CC.CCN1C(=O)C(=CC=CC=CC2C(=O)N(CC)C(=S)N(CC)C2=O)C(=O)N(CC)C1=S. The molecule has 2 saturated heterocycles. The van der Waals surface area contributed by atoms with E-state index < -0.39 is 17.7 Å². The van der Waals surface area contributed by atoms with Crippen molar-refractivity contribution in [3.8, 4) is 0 Å². The van der Waals surface area contributed by atoms with E-state index >= 15 is 0 Å². The quantitative estimate of drug-likeness (QED) is 0.133. The predicted molar refractivity (Wildman–Crippen MR) is 158 cm³/mol. The van der Waals surface area contributed by atoms with Crippen molar-refractivity contribution in [1.82, 2.24) is 24.5 Å². The summed E-state index contributed by atoms with van der Waals surface area (Å²) in [5, 5.41) is 0.423. The van der Waals surface area contributed by atoms with Crippen LogP contribution in [0.3, 0.4) is 0 Å². The van der Waals surface area contributed by atoms with Crippen LogP contribution < -0.4 is 0 Å². The first kappa shape index (κ1) is 33.3. The average molecular weight is 564 g/mol. The van der Waals surface area contributed by atoms with Crippen molar-refractivity contribution in [2.75, 3.05) is 45.8 Å². The van der Waals surface area contributed by atoms with Crippen LogP contribution in [0.5, 0.6) is 0 Å². The van der Waals surface area contributed by atoms with Gasteiger partial charge in [0.05, 0.1) is 0 Å². The van der Waals surface area contributed by atoms with Crippen molar-refractivity contribution in [1.29, 1.82) is 0 Å². The first-order chi connectivity index (χ1) is 18.1. The largest absolute Gasteiger partial charge is 0.304 e. The van der Waals surface area contributed by atoms with Gasteiger partial charge in [-0.3, -0.25) is 38.8 Å². The Bertz CT molecular complexity index is 944. The van der Waals surface area contributed by atoms with Crippen molar-refractivity contribution in [2.45, 2.75) is 48.5 Å². The maximum atomic E-state index is 12.6. The summed E-state index contributed by atoms with van der Waals surface area (Å²) in [6, 6.07) is 0. The molecule has 2 heterocycles. The van der Waals surface area contributed by atoms with Crippen LogP contribution in [0.15, 0.2) is 36.0 Å². The highest BCUT2D eigenvalue weighted by atomic mass is 32.1. The smallest absolute Gasteiger partial charge is 0.265 e. The van der Waals surface area contributed by atoms with Gasteiger partial charge in [-0.2, -0.15) is 0 Å². The molecule has 11 heteroatoms. The van der Waals surface area contributed by atoms with Gasteiger partial charge in [-0.05, 0) is 77.8 Å². The molecular formula is C27H41N5O4S2. The number of hydrogen-bond donors (Lipinski definition) is 0. The van der Waals surface area contributed by atoms with E-state index in [1.54, 1.807) is 39.8 Å². The predicted octanol–water partition coefficient (Wildman–Crippen LogP) is 2.98. The molecule has 0 aromatic heterocycles. The zero-order chi connectivity index (χ0) is 29.0. The number of thiocarbonyl (C=S) groups is 2. The number of rotatable bonds is 10. The van der Waals surface area contributed by atoms with Gasteiger partial charge >= 0.3 is 0 Å². The molecule has 2 fully saturated rings. The highest BCUT2D eigenvalue weighted by Crippen LogP contribution is 2.20. The number of amides is 4. The molecule has 0 spiro atoms. The highest BCUT2D eigenvalue weighted by molar-refractivity contribution is 7.80. The minimum absolute atomic E-state index is 0.00596. The number of likely N-dealkylation sites (N-methyl/N-ethyl adjacent to an activating group) is 2. The van der Waals surface area contributed by atoms with Gasteiger partial charge in [0, 0.05) is 26.2 Å². The molecule has 210 valence electrons. The molecule has 2 aliphatic rings. The van der Waals surface area contributed by atoms with E-state index in [1.807, 2.05) is 0 Å². The zero-order valence-electron chi connectivity index (χ0n) is 23.6. The number of nitrogens with zero attached hydrogens (tertiary/aromatic N) is 5. The molecule has 0 N–H and O–H groups in total. The Balaban J connectivity index is 0.000000905. The summed E-state index contributed by atoms with van der Waals surface area (Å²) in [4.78, 5) is 58.2. The van der Waals surface area contributed by atoms with Gasteiger partial charge < -0.3 is 4.90 Å². The lowest BCUT2D eigenvalue weighted by atomic mass is 10.0. The van der Waals surface area contributed by atoms with Gasteiger partial charge in [0.2, 0.25) is 11.8 Å². The molecule has 2 rings (SSSR count). The zero-order valence-corrected chi connectivity index (χ0v) is 25.2. The Hall–Kier alpha value is -2.76. The Morgan fingerprint density at radius 3 is 1.37 bits per heavy atom. The molecule has 4 amide bonds. The minimum Gasteiger partial charge on any atom is -0.304 e. The third-order valence-electron chi connectivity index (χ3n) is 6.33. The van der Waals surface area contributed by atoms with Crippen LogP contribution in [-0.2, 0) is 19.2 Å². The topological polar surface area (TPSA) is 84.5 Å². The van der Waals surface area contributed by atoms with Crippen molar-refractivity contribution >= 4 is 58.3 Å². The summed E-state index contributed by atoms with van der Waals surface area (Å²) in [6.45, 7) is 18.8. The molecule has 0 aromatic rings. The third-order valence-corrected chi connectivity index (χ3v) is 7.22. The lowest BCUT2D eigenvalue weighted by Crippen LogP contribution is -2.58. The van der Waals surface area contributed by atoms with E-state index in [-0.39, 0.29) is 27.6 Å². The van der Waals surface area contributed by atoms with Gasteiger partial charge in [0.15, 0.2) is 10.2 Å². The van der Waals surface area contributed by atoms with Gasteiger partial charge in [0.1, 0.15) is 11.5 Å². The first-order valence-electron chi connectivity index (χ1n) is 13.2. The molecule has 0 unspecified atom stereocenters. The van der Waals surface area contributed by atoms with Crippen LogP contribution in [0, 0.1) is 5.92 Å². The summed E-state index contributed by atoms with van der Waals surface area (Å²) in [6.07, 6.45) is 7.54. The van der Waals surface area contributed by atoms with Crippen LogP contribution in [-0.4, -0.2) is 104 Å². The van der Waals surface area contributed by atoms with Crippen molar-refractivity contribution in [3.63, 3.8) is 0 Å². The molecule has 0 bridgehead atoms. The van der Waals surface area contributed by atoms with Crippen LogP contribution in [0.4, 0.5) is 0 Å². The molecule has 9 nitrogen and oxygen atoms in total. The molecule has 0 aliphatic carbocycles. The van der Waals surface area contributed by atoms with E-state index in [4.69, 9.17) is 24.4 Å². The molecule has 38 heavy (non-hydrogen) atoms. The number of carbonyl (C=O) groups is 4. The Kier molecular flexibility index (Phi) is 14.2. The van der Waals surface area contributed by atoms with Crippen molar-refractivity contribution in [2.24, 2.45) is 5.92 Å². The lowest BCUT2D eigenvalue weighted by molar-refractivity contribution is -0.144. The summed E-state index contributed by atoms with van der Waals surface area (Å²) in [5.41, 5.74) is 0.00596. The summed E-state index contributed by atoms with van der Waals surface area (Å²) >= 11 is 10.5. The standard InChI is InChI=1S/C21H26N4O4S2.C6H15N/c1-5-22-16(26)14(17(27)23(6-2)20(22)30)12-10-9-11-13-15-18(28)24(7-3)21(31)25(8-4)19(15)29;1-4-7(5-2)6-3/h9-14H,5-8H2,1-4H3;4-6H2,1-3H3. The normalized spacial score (nSPS) is 17.5.